The molecule has 0 bridgehead atoms. The van der Waals surface area contributed by atoms with E-state index in [4.69, 9.17) is 16.3 Å². The quantitative estimate of drug-likeness (QED) is 0.839. The number of piperidine rings is 1. The van der Waals surface area contributed by atoms with Crippen LogP contribution >= 0.6 is 11.6 Å². The van der Waals surface area contributed by atoms with E-state index in [1.807, 2.05) is 12.1 Å². The molecule has 1 heterocycles. The molecular weight excluding hydrogens is 356 g/mol. The number of amides is 2. The number of aliphatic hydroxyl groups is 1. The summed E-state index contributed by atoms with van der Waals surface area (Å²) in [4.78, 5) is 26.8. The molecule has 0 aromatic heterocycles. The summed E-state index contributed by atoms with van der Waals surface area (Å²) in [6, 6.07) is 6.44. The molecule has 1 unspecified atom stereocenters. The summed E-state index contributed by atoms with van der Waals surface area (Å²) >= 11 is 5.91. The summed E-state index contributed by atoms with van der Waals surface area (Å²) in [7, 11) is 0. The van der Waals surface area contributed by atoms with Gasteiger partial charge in [0.2, 0.25) is 5.91 Å². The summed E-state index contributed by atoms with van der Waals surface area (Å²) in [5, 5.41) is 13.0. The molecule has 2 N–H and O–H groups in total. The minimum Gasteiger partial charge on any atom is -0.444 e. The number of hydrogen-bond donors (Lipinski definition) is 2. The first-order valence-corrected chi connectivity index (χ1v) is 9.22. The minimum absolute atomic E-state index is 0.169. The number of alkyl carbamates (subject to hydrolysis) is 1. The normalized spacial score (nSPS) is 16.9. The Hall–Kier alpha value is -1.79. The standard InChI is InChI=1S/C19H27ClN2O4/c1-19(2,3)26-18(25)21-16(12-13-4-6-14(20)7-5-13)17(24)22-10-8-15(23)9-11-22/h4-7,15-16,23H,8-12H2,1-3H3,(H,21,25). The predicted octanol–water partition coefficient (Wildman–Crippen LogP) is 2.76. The minimum atomic E-state index is -0.735. The molecule has 1 atom stereocenters. The number of hydrogen-bond acceptors (Lipinski definition) is 4. The van der Waals surface area contributed by atoms with Crippen molar-refractivity contribution in [2.75, 3.05) is 13.1 Å². The Labute approximate surface area is 159 Å². The van der Waals surface area contributed by atoms with E-state index in [0.29, 0.717) is 37.4 Å². The second-order valence-electron chi connectivity index (χ2n) is 7.59. The molecule has 1 aliphatic rings. The van der Waals surface area contributed by atoms with Crippen molar-refractivity contribution in [1.82, 2.24) is 10.2 Å². The lowest BCUT2D eigenvalue weighted by Crippen LogP contribution is -2.52. The van der Waals surface area contributed by atoms with Crippen molar-refractivity contribution >= 4 is 23.6 Å². The van der Waals surface area contributed by atoms with E-state index in [0.717, 1.165) is 5.56 Å². The number of carbonyl (C=O) groups is 2. The maximum absolute atomic E-state index is 12.9. The Kier molecular flexibility index (Phi) is 6.89. The molecule has 0 saturated carbocycles. The highest BCUT2D eigenvalue weighted by Gasteiger charge is 2.30. The van der Waals surface area contributed by atoms with Gasteiger partial charge in [0, 0.05) is 24.5 Å². The van der Waals surface area contributed by atoms with E-state index in [2.05, 4.69) is 5.32 Å². The Balaban J connectivity index is 2.10. The smallest absolute Gasteiger partial charge is 0.408 e. The summed E-state index contributed by atoms with van der Waals surface area (Å²) in [6.07, 6.45) is 0.445. The monoisotopic (exact) mass is 382 g/mol. The fourth-order valence-electron chi connectivity index (χ4n) is 2.81. The van der Waals surface area contributed by atoms with Crippen LogP contribution in [0.1, 0.15) is 39.2 Å². The first-order valence-electron chi connectivity index (χ1n) is 8.85. The molecule has 0 spiro atoms. The van der Waals surface area contributed by atoms with Gasteiger partial charge in [-0.3, -0.25) is 4.79 Å². The summed E-state index contributed by atoms with van der Waals surface area (Å²) < 4.78 is 5.30. The first-order chi connectivity index (χ1) is 12.1. The van der Waals surface area contributed by atoms with Gasteiger partial charge >= 0.3 is 6.09 Å². The van der Waals surface area contributed by atoms with Crippen LogP contribution in [0.2, 0.25) is 5.02 Å². The zero-order valence-electron chi connectivity index (χ0n) is 15.5. The number of nitrogens with one attached hydrogen (secondary N) is 1. The van der Waals surface area contributed by atoms with E-state index in [-0.39, 0.29) is 12.0 Å². The molecule has 1 aromatic rings. The van der Waals surface area contributed by atoms with Crippen LogP contribution in [0, 0.1) is 0 Å². The van der Waals surface area contributed by atoms with Crippen molar-refractivity contribution < 1.29 is 19.4 Å². The fraction of sp³-hybridized carbons (Fsp3) is 0.579. The molecular formula is C19H27ClN2O4. The number of carbonyl (C=O) groups excluding carboxylic acids is 2. The van der Waals surface area contributed by atoms with Crippen LogP contribution in [0.15, 0.2) is 24.3 Å². The fourth-order valence-corrected chi connectivity index (χ4v) is 2.94. The van der Waals surface area contributed by atoms with Crippen molar-refractivity contribution in [1.29, 1.82) is 0 Å². The molecule has 1 fully saturated rings. The number of benzene rings is 1. The highest BCUT2D eigenvalue weighted by molar-refractivity contribution is 6.30. The van der Waals surface area contributed by atoms with Crippen LogP contribution in [0.3, 0.4) is 0 Å². The number of rotatable bonds is 4. The molecule has 1 saturated heterocycles. The molecule has 7 heteroatoms. The van der Waals surface area contributed by atoms with Crippen LogP contribution in [-0.2, 0) is 16.0 Å². The molecule has 0 radical (unpaired) electrons. The third kappa shape index (κ3) is 6.50. The van der Waals surface area contributed by atoms with Gasteiger partial charge in [-0.2, -0.15) is 0 Å². The van der Waals surface area contributed by atoms with E-state index in [1.165, 1.54) is 0 Å². The van der Waals surface area contributed by atoms with Crippen LogP contribution in [0.25, 0.3) is 0 Å². The SMILES string of the molecule is CC(C)(C)OC(=O)NC(Cc1ccc(Cl)cc1)C(=O)N1CCC(O)CC1. The largest absolute Gasteiger partial charge is 0.444 e. The summed E-state index contributed by atoms with van der Waals surface area (Å²) in [5.74, 6) is -0.169. The molecule has 1 aromatic carbocycles. The van der Waals surface area contributed by atoms with Crippen LogP contribution < -0.4 is 5.32 Å². The molecule has 0 aliphatic carbocycles. The third-order valence-corrected chi connectivity index (χ3v) is 4.37. The van der Waals surface area contributed by atoms with Gasteiger partial charge in [0.25, 0.3) is 0 Å². The van der Waals surface area contributed by atoms with E-state index < -0.39 is 17.7 Å². The molecule has 144 valence electrons. The summed E-state index contributed by atoms with van der Waals surface area (Å²) in [6.45, 7) is 6.28. The van der Waals surface area contributed by atoms with Gasteiger partial charge in [-0.15, -0.1) is 0 Å². The van der Waals surface area contributed by atoms with Gasteiger partial charge in [-0.05, 0) is 51.3 Å². The number of likely N-dealkylation sites (tertiary alicyclic amines) is 1. The Morgan fingerprint density at radius 1 is 1.27 bits per heavy atom. The average Bonchev–Trinajstić information content (AvgIpc) is 2.54. The van der Waals surface area contributed by atoms with Crippen molar-refractivity contribution in [3.05, 3.63) is 34.9 Å². The van der Waals surface area contributed by atoms with Crippen molar-refractivity contribution in [2.45, 2.75) is 57.8 Å². The van der Waals surface area contributed by atoms with E-state index >= 15 is 0 Å². The van der Waals surface area contributed by atoms with E-state index in [1.54, 1.807) is 37.8 Å². The first kappa shape index (κ1) is 20.5. The van der Waals surface area contributed by atoms with Gasteiger partial charge < -0.3 is 20.1 Å². The topological polar surface area (TPSA) is 78.9 Å². The van der Waals surface area contributed by atoms with Gasteiger partial charge in [0.1, 0.15) is 11.6 Å². The molecule has 6 nitrogen and oxygen atoms in total. The highest BCUT2D eigenvalue weighted by Crippen LogP contribution is 2.16. The number of halogens is 1. The zero-order chi connectivity index (χ0) is 19.3. The lowest BCUT2D eigenvalue weighted by Gasteiger charge is -2.33. The molecule has 2 amide bonds. The van der Waals surface area contributed by atoms with Crippen LogP contribution in [-0.4, -0.2) is 52.8 Å². The van der Waals surface area contributed by atoms with E-state index in [9.17, 15) is 14.7 Å². The second kappa shape index (κ2) is 8.73. The maximum Gasteiger partial charge on any atom is 0.408 e. The predicted molar refractivity (Wildman–Crippen MR) is 100 cm³/mol. The Morgan fingerprint density at radius 2 is 1.85 bits per heavy atom. The van der Waals surface area contributed by atoms with Crippen LogP contribution in [0.4, 0.5) is 4.79 Å². The maximum atomic E-state index is 12.9. The number of aliphatic hydroxyl groups excluding tert-OH is 1. The van der Waals surface area contributed by atoms with Crippen LogP contribution in [0.5, 0.6) is 0 Å². The van der Waals surface area contributed by atoms with Gasteiger partial charge in [0.05, 0.1) is 6.10 Å². The van der Waals surface area contributed by atoms with Gasteiger partial charge in [0.15, 0.2) is 0 Å². The lowest BCUT2D eigenvalue weighted by atomic mass is 10.0. The van der Waals surface area contributed by atoms with Crippen molar-refractivity contribution in [2.24, 2.45) is 0 Å². The summed E-state index contributed by atoms with van der Waals surface area (Å²) in [5.41, 5.74) is 0.244. The molecule has 2 rings (SSSR count). The van der Waals surface area contributed by atoms with Gasteiger partial charge in [-0.25, -0.2) is 4.79 Å². The number of ether oxygens (including phenoxy) is 1. The van der Waals surface area contributed by atoms with Crippen molar-refractivity contribution in [3.8, 4) is 0 Å². The van der Waals surface area contributed by atoms with Crippen molar-refractivity contribution in [3.63, 3.8) is 0 Å². The highest BCUT2D eigenvalue weighted by atomic mass is 35.5. The second-order valence-corrected chi connectivity index (χ2v) is 8.02. The zero-order valence-corrected chi connectivity index (χ0v) is 16.3. The molecule has 1 aliphatic heterocycles. The Bertz CT molecular complexity index is 619. The van der Waals surface area contributed by atoms with Gasteiger partial charge in [-0.1, -0.05) is 23.7 Å². The molecule has 26 heavy (non-hydrogen) atoms. The Morgan fingerprint density at radius 3 is 2.38 bits per heavy atom. The third-order valence-electron chi connectivity index (χ3n) is 4.12. The number of nitrogens with zero attached hydrogens (tertiary/aromatic N) is 1. The lowest BCUT2D eigenvalue weighted by molar-refractivity contribution is -0.135. The average molecular weight is 383 g/mol.